The smallest absolute Gasteiger partial charge is 0.142 e. The van der Waals surface area contributed by atoms with Crippen molar-refractivity contribution in [2.75, 3.05) is 0 Å². The maximum atomic E-state index is 5.81. The standard InChI is InChI=1S/C13H17BrN4O/c1-8-4-5-12(10(6-15)16-8)19-7-11-13(14)9(2)17-18(11)3/h4-5H,6-7,15H2,1-3H3. The quantitative estimate of drug-likeness (QED) is 0.936. The molecule has 0 bridgehead atoms. The molecular weight excluding hydrogens is 308 g/mol. The van der Waals surface area contributed by atoms with Gasteiger partial charge in [0, 0.05) is 19.3 Å². The van der Waals surface area contributed by atoms with Crippen LogP contribution < -0.4 is 10.5 Å². The molecule has 2 N–H and O–H groups in total. The lowest BCUT2D eigenvalue weighted by molar-refractivity contribution is 0.289. The van der Waals surface area contributed by atoms with E-state index in [1.165, 1.54) is 0 Å². The highest BCUT2D eigenvalue weighted by Gasteiger charge is 2.12. The second-order valence-corrected chi connectivity index (χ2v) is 5.15. The number of hydrogen-bond donors (Lipinski definition) is 1. The Bertz CT molecular complexity index is 595. The molecule has 0 saturated carbocycles. The van der Waals surface area contributed by atoms with Crippen molar-refractivity contribution < 1.29 is 4.74 Å². The van der Waals surface area contributed by atoms with Crippen LogP contribution in [0.15, 0.2) is 16.6 Å². The van der Waals surface area contributed by atoms with Crippen molar-refractivity contribution in [3.8, 4) is 5.75 Å². The normalized spacial score (nSPS) is 10.8. The molecule has 2 rings (SSSR count). The fourth-order valence-corrected chi connectivity index (χ4v) is 2.31. The van der Waals surface area contributed by atoms with Gasteiger partial charge in [-0.25, -0.2) is 0 Å². The number of pyridine rings is 1. The van der Waals surface area contributed by atoms with E-state index in [9.17, 15) is 0 Å². The van der Waals surface area contributed by atoms with Crippen molar-refractivity contribution in [3.63, 3.8) is 0 Å². The molecule has 6 heteroatoms. The van der Waals surface area contributed by atoms with Crippen LogP contribution in [0.1, 0.15) is 22.8 Å². The molecule has 0 aliphatic heterocycles. The second-order valence-electron chi connectivity index (χ2n) is 4.36. The predicted molar refractivity (Wildman–Crippen MR) is 76.8 cm³/mol. The van der Waals surface area contributed by atoms with Crippen LogP contribution in [0.3, 0.4) is 0 Å². The lowest BCUT2D eigenvalue weighted by Gasteiger charge is -2.10. The van der Waals surface area contributed by atoms with Crippen molar-refractivity contribution in [2.24, 2.45) is 12.8 Å². The molecule has 102 valence electrons. The molecular formula is C13H17BrN4O. The van der Waals surface area contributed by atoms with E-state index in [0.29, 0.717) is 13.2 Å². The number of ether oxygens (including phenoxy) is 1. The van der Waals surface area contributed by atoms with E-state index in [2.05, 4.69) is 26.0 Å². The number of aromatic nitrogens is 3. The number of hydrogen-bond acceptors (Lipinski definition) is 4. The van der Waals surface area contributed by atoms with E-state index in [-0.39, 0.29) is 0 Å². The molecule has 0 radical (unpaired) electrons. The zero-order valence-electron chi connectivity index (χ0n) is 11.3. The van der Waals surface area contributed by atoms with Gasteiger partial charge < -0.3 is 10.5 Å². The minimum atomic E-state index is 0.364. The number of nitrogens with zero attached hydrogens (tertiary/aromatic N) is 3. The van der Waals surface area contributed by atoms with Gasteiger partial charge in [0.15, 0.2) is 0 Å². The maximum Gasteiger partial charge on any atom is 0.142 e. The fraction of sp³-hybridized carbons (Fsp3) is 0.385. The van der Waals surface area contributed by atoms with Gasteiger partial charge in [0.1, 0.15) is 12.4 Å². The summed E-state index contributed by atoms with van der Waals surface area (Å²) in [5.74, 6) is 0.721. The first kappa shape index (κ1) is 14.0. The fourth-order valence-electron chi connectivity index (χ4n) is 1.86. The topological polar surface area (TPSA) is 66.0 Å². The first-order valence-electron chi connectivity index (χ1n) is 6.00. The number of nitrogens with two attached hydrogens (primary N) is 1. The van der Waals surface area contributed by atoms with Crippen LogP contribution in [0.25, 0.3) is 0 Å². The number of aryl methyl sites for hydroxylation is 3. The summed E-state index contributed by atoms with van der Waals surface area (Å²) in [5, 5.41) is 4.33. The van der Waals surface area contributed by atoms with Gasteiger partial charge in [-0.15, -0.1) is 0 Å². The molecule has 0 aromatic carbocycles. The molecule has 2 heterocycles. The van der Waals surface area contributed by atoms with Crippen molar-refractivity contribution >= 4 is 15.9 Å². The van der Waals surface area contributed by atoms with Gasteiger partial charge in [0.2, 0.25) is 0 Å². The number of rotatable bonds is 4. The van der Waals surface area contributed by atoms with Gasteiger partial charge in [0.05, 0.1) is 21.6 Å². The molecule has 0 fully saturated rings. The Hall–Kier alpha value is -1.40. The molecule has 19 heavy (non-hydrogen) atoms. The first-order valence-corrected chi connectivity index (χ1v) is 6.79. The predicted octanol–water partition coefficient (Wildman–Crippen LogP) is 2.23. The van der Waals surface area contributed by atoms with Gasteiger partial charge in [0.25, 0.3) is 0 Å². The van der Waals surface area contributed by atoms with Crippen molar-refractivity contribution in [1.29, 1.82) is 0 Å². The molecule has 0 aliphatic rings. The average Bonchev–Trinajstić information content (AvgIpc) is 2.62. The van der Waals surface area contributed by atoms with E-state index in [1.807, 2.05) is 37.7 Å². The first-order chi connectivity index (χ1) is 9.02. The highest BCUT2D eigenvalue weighted by molar-refractivity contribution is 9.10. The van der Waals surface area contributed by atoms with Crippen molar-refractivity contribution in [2.45, 2.75) is 27.0 Å². The minimum Gasteiger partial charge on any atom is -0.485 e. The summed E-state index contributed by atoms with van der Waals surface area (Å²) in [6, 6.07) is 3.82. The van der Waals surface area contributed by atoms with Crippen LogP contribution >= 0.6 is 15.9 Å². The van der Waals surface area contributed by atoms with Crippen molar-refractivity contribution in [1.82, 2.24) is 14.8 Å². The third kappa shape index (κ3) is 2.96. The van der Waals surface area contributed by atoms with Crippen molar-refractivity contribution in [3.05, 3.63) is 39.4 Å². The van der Waals surface area contributed by atoms with Gasteiger partial charge in [-0.1, -0.05) is 0 Å². The lowest BCUT2D eigenvalue weighted by atomic mass is 10.3. The zero-order valence-corrected chi connectivity index (χ0v) is 12.9. The summed E-state index contributed by atoms with van der Waals surface area (Å²) in [5.41, 5.74) is 9.33. The average molecular weight is 325 g/mol. The highest BCUT2D eigenvalue weighted by atomic mass is 79.9. The zero-order chi connectivity index (χ0) is 14.0. The Labute approximate surface area is 120 Å². The summed E-state index contributed by atoms with van der Waals surface area (Å²) in [6.45, 7) is 4.68. The third-order valence-corrected chi connectivity index (χ3v) is 3.92. The third-order valence-electron chi connectivity index (χ3n) is 2.89. The number of halogens is 1. The Morgan fingerprint density at radius 3 is 2.68 bits per heavy atom. The monoisotopic (exact) mass is 324 g/mol. The van der Waals surface area contributed by atoms with Crippen LogP contribution in [0.4, 0.5) is 0 Å². The Morgan fingerprint density at radius 2 is 2.11 bits per heavy atom. The van der Waals surface area contributed by atoms with Crippen LogP contribution in [0, 0.1) is 13.8 Å². The van der Waals surface area contributed by atoms with Crippen LogP contribution in [0.5, 0.6) is 5.75 Å². The van der Waals surface area contributed by atoms with E-state index < -0.39 is 0 Å². The summed E-state index contributed by atoms with van der Waals surface area (Å²) >= 11 is 3.52. The Kier molecular flexibility index (Phi) is 4.21. The second kappa shape index (κ2) is 5.71. The Balaban J connectivity index is 2.19. The van der Waals surface area contributed by atoms with Gasteiger partial charge in [-0.3, -0.25) is 9.67 Å². The lowest BCUT2D eigenvalue weighted by Crippen LogP contribution is -2.08. The van der Waals surface area contributed by atoms with Crippen LogP contribution in [-0.4, -0.2) is 14.8 Å². The molecule has 0 atom stereocenters. The molecule has 0 spiro atoms. The molecule has 0 saturated heterocycles. The highest BCUT2D eigenvalue weighted by Crippen LogP contribution is 2.23. The van der Waals surface area contributed by atoms with Crippen LogP contribution in [-0.2, 0) is 20.2 Å². The molecule has 2 aromatic rings. The summed E-state index contributed by atoms with van der Waals surface area (Å²) in [7, 11) is 1.90. The van der Waals surface area contributed by atoms with E-state index in [4.69, 9.17) is 10.5 Å². The Morgan fingerprint density at radius 1 is 1.37 bits per heavy atom. The summed E-state index contributed by atoms with van der Waals surface area (Å²) in [4.78, 5) is 4.37. The molecule has 0 aliphatic carbocycles. The van der Waals surface area contributed by atoms with Gasteiger partial charge >= 0.3 is 0 Å². The van der Waals surface area contributed by atoms with E-state index in [1.54, 1.807) is 0 Å². The van der Waals surface area contributed by atoms with Gasteiger partial charge in [-0.05, 0) is 41.9 Å². The summed E-state index contributed by atoms with van der Waals surface area (Å²) < 4.78 is 8.60. The largest absolute Gasteiger partial charge is 0.485 e. The summed E-state index contributed by atoms with van der Waals surface area (Å²) in [6.07, 6.45) is 0. The maximum absolute atomic E-state index is 5.81. The SMILES string of the molecule is Cc1ccc(OCc2c(Br)c(C)nn2C)c(CN)n1. The molecule has 0 amide bonds. The van der Waals surface area contributed by atoms with Gasteiger partial charge in [-0.2, -0.15) is 5.10 Å². The van der Waals surface area contributed by atoms with E-state index >= 15 is 0 Å². The molecule has 0 unspecified atom stereocenters. The van der Waals surface area contributed by atoms with Crippen LogP contribution in [0.2, 0.25) is 0 Å². The molecule has 2 aromatic heterocycles. The van der Waals surface area contributed by atoms with E-state index in [0.717, 1.165) is 33.0 Å². The minimum absolute atomic E-state index is 0.364. The molecule has 5 nitrogen and oxygen atoms in total.